The quantitative estimate of drug-likeness (QED) is 0.753. The number of amides is 2. The van der Waals surface area contributed by atoms with Gasteiger partial charge in [-0.1, -0.05) is 41.4 Å². The van der Waals surface area contributed by atoms with Crippen molar-refractivity contribution in [3.8, 4) is 0 Å². The molecule has 0 saturated carbocycles. The fraction of sp³-hybridized carbons (Fsp3) is 0.500. The van der Waals surface area contributed by atoms with Crippen molar-refractivity contribution in [1.29, 1.82) is 0 Å². The summed E-state index contributed by atoms with van der Waals surface area (Å²) in [6.45, 7) is 2.41. The maximum Gasteiger partial charge on any atom is 0.416 e. The van der Waals surface area contributed by atoms with Gasteiger partial charge in [0, 0.05) is 16.9 Å². The monoisotopic (exact) mass is 353 g/mol. The Labute approximate surface area is 133 Å². The van der Waals surface area contributed by atoms with Crippen LogP contribution in [-0.4, -0.2) is 29.5 Å². The Bertz CT molecular complexity index is 501. The molecule has 0 aliphatic carbocycles. The topological polar surface area (TPSA) is 46.6 Å². The molecule has 1 aliphatic rings. The molecule has 1 fully saturated rings. The zero-order chi connectivity index (χ0) is 15.2. The molecule has 2 amide bonds. The number of benzene rings is 1. The van der Waals surface area contributed by atoms with Crippen LogP contribution >= 0.6 is 15.9 Å². The van der Waals surface area contributed by atoms with Crippen molar-refractivity contribution in [2.45, 2.75) is 45.1 Å². The minimum Gasteiger partial charge on any atom is -0.449 e. The van der Waals surface area contributed by atoms with Crippen molar-refractivity contribution in [3.05, 3.63) is 34.3 Å². The summed E-state index contributed by atoms with van der Waals surface area (Å²) in [6.07, 6.45) is 3.10. The third-order valence-electron chi connectivity index (χ3n) is 3.63. The average molecular weight is 354 g/mol. The molecule has 5 heteroatoms. The molecule has 21 heavy (non-hydrogen) atoms. The van der Waals surface area contributed by atoms with Crippen LogP contribution in [-0.2, 0) is 16.0 Å². The molecular weight excluding hydrogens is 334 g/mol. The molecule has 1 aromatic carbocycles. The Balaban J connectivity index is 1.99. The minimum atomic E-state index is -0.493. The standard InChI is InChI=1S/C16H20BrNO3/c1-2-3-10-21-16(20)18-14(8-9-15(18)19)11-12-4-6-13(17)7-5-12/h4-7,14H,2-3,8-11H2,1H3/t14-/m0/s1. The van der Waals surface area contributed by atoms with Crippen molar-refractivity contribution in [3.63, 3.8) is 0 Å². The summed E-state index contributed by atoms with van der Waals surface area (Å²) in [5, 5.41) is 0. The molecule has 1 saturated heterocycles. The zero-order valence-corrected chi connectivity index (χ0v) is 13.8. The lowest BCUT2D eigenvalue weighted by molar-refractivity contribution is -0.127. The summed E-state index contributed by atoms with van der Waals surface area (Å²) >= 11 is 3.40. The third kappa shape index (κ3) is 4.30. The number of likely N-dealkylation sites (tertiary alicyclic amines) is 1. The third-order valence-corrected chi connectivity index (χ3v) is 4.16. The Morgan fingerprint density at radius 2 is 2.10 bits per heavy atom. The number of hydrogen-bond donors (Lipinski definition) is 0. The van der Waals surface area contributed by atoms with Gasteiger partial charge in [-0.05, 0) is 37.0 Å². The fourth-order valence-corrected chi connectivity index (χ4v) is 2.72. The van der Waals surface area contributed by atoms with Crippen LogP contribution in [0.25, 0.3) is 0 Å². The van der Waals surface area contributed by atoms with Gasteiger partial charge in [0.25, 0.3) is 0 Å². The Kier molecular flexibility index (Phi) is 5.79. The fourth-order valence-electron chi connectivity index (χ4n) is 2.45. The highest BCUT2D eigenvalue weighted by molar-refractivity contribution is 9.10. The molecular formula is C16H20BrNO3. The summed E-state index contributed by atoms with van der Waals surface area (Å²) in [6, 6.07) is 7.86. The van der Waals surface area contributed by atoms with E-state index in [2.05, 4.69) is 15.9 Å². The SMILES string of the molecule is CCCCOC(=O)N1C(=O)CC[C@H]1Cc1ccc(Br)cc1. The van der Waals surface area contributed by atoms with Gasteiger partial charge in [0.05, 0.1) is 6.61 Å². The molecule has 0 N–H and O–H groups in total. The molecule has 0 spiro atoms. The first kappa shape index (κ1) is 16.0. The van der Waals surface area contributed by atoms with Gasteiger partial charge < -0.3 is 4.74 Å². The van der Waals surface area contributed by atoms with Crippen LogP contribution in [0.2, 0.25) is 0 Å². The van der Waals surface area contributed by atoms with Gasteiger partial charge in [0.2, 0.25) is 5.91 Å². The van der Waals surface area contributed by atoms with E-state index in [0.29, 0.717) is 25.9 Å². The smallest absolute Gasteiger partial charge is 0.416 e. The molecule has 114 valence electrons. The van der Waals surface area contributed by atoms with Crippen molar-refractivity contribution in [2.24, 2.45) is 0 Å². The first-order valence-corrected chi connectivity index (χ1v) is 8.14. The van der Waals surface area contributed by atoms with Crippen molar-refractivity contribution >= 4 is 27.9 Å². The molecule has 2 rings (SSSR count). The van der Waals surface area contributed by atoms with Gasteiger partial charge in [-0.15, -0.1) is 0 Å². The number of rotatable bonds is 5. The molecule has 1 aliphatic heterocycles. The highest BCUT2D eigenvalue weighted by atomic mass is 79.9. The Morgan fingerprint density at radius 1 is 1.38 bits per heavy atom. The van der Waals surface area contributed by atoms with E-state index in [4.69, 9.17) is 4.74 Å². The second-order valence-corrected chi connectivity index (χ2v) is 6.17. The first-order chi connectivity index (χ1) is 10.1. The molecule has 0 unspecified atom stereocenters. The zero-order valence-electron chi connectivity index (χ0n) is 12.2. The molecule has 1 aromatic rings. The summed E-state index contributed by atoms with van der Waals surface area (Å²) in [5.41, 5.74) is 1.12. The number of unbranched alkanes of at least 4 members (excludes halogenated alkanes) is 1. The Hall–Kier alpha value is -1.36. The predicted octanol–water partition coefficient (Wildman–Crippen LogP) is 3.92. The second kappa shape index (κ2) is 7.59. The predicted molar refractivity (Wildman–Crippen MR) is 84.0 cm³/mol. The number of nitrogens with zero attached hydrogens (tertiary/aromatic N) is 1. The van der Waals surface area contributed by atoms with Crippen LogP contribution in [0.15, 0.2) is 28.7 Å². The minimum absolute atomic E-state index is 0.0900. The molecule has 0 radical (unpaired) electrons. The molecule has 0 aromatic heterocycles. The second-order valence-electron chi connectivity index (χ2n) is 5.25. The highest BCUT2D eigenvalue weighted by Crippen LogP contribution is 2.24. The first-order valence-electron chi connectivity index (χ1n) is 7.35. The van der Waals surface area contributed by atoms with E-state index in [1.807, 2.05) is 31.2 Å². The summed E-state index contributed by atoms with van der Waals surface area (Å²) < 4.78 is 6.20. The van der Waals surface area contributed by atoms with E-state index in [-0.39, 0.29) is 11.9 Å². The number of ether oxygens (including phenoxy) is 1. The van der Waals surface area contributed by atoms with E-state index >= 15 is 0 Å². The van der Waals surface area contributed by atoms with Gasteiger partial charge in [-0.25, -0.2) is 9.69 Å². The average Bonchev–Trinajstić information content (AvgIpc) is 2.82. The van der Waals surface area contributed by atoms with Gasteiger partial charge in [0.1, 0.15) is 0 Å². The van der Waals surface area contributed by atoms with Crippen molar-refractivity contribution < 1.29 is 14.3 Å². The maximum absolute atomic E-state index is 12.1. The van der Waals surface area contributed by atoms with E-state index in [1.54, 1.807) is 0 Å². The van der Waals surface area contributed by atoms with Crippen LogP contribution in [0.5, 0.6) is 0 Å². The Morgan fingerprint density at radius 3 is 2.76 bits per heavy atom. The van der Waals surface area contributed by atoms with Crippen LogP contribution in [0, 0.1) is 0 Å². The van der Waals surface area contributed by atoms with Gasteiger partial charge in [-0.2, -0.15) is 0 Å². The van der Waals surface area contributed by atoms with E-state index in [0.717, 1.165) is 22.9 Å². The summed E-state index contributed by atoms with van der Waals surface area (Å²) in [7, 11) is 0. The summed E-state index contributed by atoms with van der Waals surface area (Å²) in [4.78, 5) is 25.3. The number of carbonyl (C=O) groups is 2. The van der Waals surface area contributed by atoms with E-state index < -0.39 is 6.09 Å². The molecule has 1 atom stereocenters. The lowest BCUT2D eigenvalue weighted by Gasteiger charge is -2.22. The normalized spacial score (nSPS) is 18.1. The number of imide groups is 1. The number of hydrogen-bond acceptors (Lipinski definition) is 3. The molecule has 4 nitrogen and oxygen atoms in total. The number of carbonyl (C=O) groups excluding carboxylic acids is 2. The highest BCUT2D eigenvalue weighted by Gasteiger charge is 2.36. The van der Waals surface area contributed by atoms with E-state index in [1.165, 1.54) is 4.90 Å². The van der Waals surface area contributed by atoms with Gasteiger partial charge in [-0.3, -0.25) is 4.79 Å². The molecule has 0 bridgehead atoms. The van der Waals surface area contributed by atoms with Crippen LogP contribution in [0.3, 0.4) is 0 Å². The van der Waals surface area contributed by atoms with Crippen molar-refractivity contribution in [1.82, 2.24) is 4.90 Å². The largest absolute Gasteiger partial charge is 0.449 e. The molecule has 1 heterocycles. The lowest BCUT2D eigenvalue weighted by atomic mass is 10.0. The van der Waals surface area contributed by atoms with Gasteiger partial charge in [0.15, 0.2) is 0 Å². The van der Waals surface area contributed by atoms with Crippen LogP contribution in [0.4, 0.5) is 4.79 Å². The maximum atomic E-state index is 12.1. The summed E-state index contributed by atoms with van der Waals surface area (Å²) in [5.74, 6) is -0.126. The van der Waals surface area contributed by atoms with Crippen LogP contribution in [0.1, 0.15) is 38.2 Å². The van der Waals surface area contributed by atoms with Gasteiger partial charge >= 0.3 is 6.09 Å². The van der Waals surface area contributed by atoms with E-state index in [9.17, 15) is 9.59 Å². The number of halogens is 1. The lowest BCUT2D eigenvalue weighted by Crippen LogP contribution is -2.40. The van der Waals surface area contributed by atoms with Crippen LogP contribution < -0.4 is 0 Å². The van der Waals surface area contributed by atoms with Crippen molar-refractivity contribution in [2.75, 3.05) is 6.61 Å².